The molecule has 0 bridgehead atoms. The van der Waals surface area contributed by atoms with Gasteiger partial charge in [-0.05, 0) is 22.0 Å². The molecule has 4 N–H and O–H groups in total. The van der Waals surface area contributed by atoms with Gasteiger partial charge in [0.15, 0.2) is 0 Å². The van der Waals surface area contributed by atoms with Crippen LogP contribution in [0.5, 0.6) is 5.75 Å². The number of pyridine rings is 1. The zero-order valence-electron chi connectivity index (χ0n) is 4.71. The molecule has 1 aromatic heterocycles. The van der Waals surface area contributed by atoms with Crippen LogP contribution < -0.4 is 6.15 Å². The highest BCUT2D eigenvalue weighted by Gasteiger charge is 1.90. The third-order valence-electron chi connectivity index (χ3n) is 0.748. The van der Waals surface area contributed by atoms with Crippen molar-refractivity contribution in [2.45, 2.75) is 0 Å². The van der Waals surface area contributed by atoms with E-state index in [0.717, 1.165) is 0 Å². The number of aromatic hydroxyl groups is 1. The summed E-state index contributed by atoms with van der Waals surface area (Å²) in [5.41, 5.74) is 0. The van der Waals surface area contributed by atoms with Crippen molar-refractivity contribution in [1.29, 1.82) is 0 Å². The molecule has 0 atom stereocenters. The maximum Gasteiger partial charge on any atom is 0.148 e. The van der Waals surface area contributed by atoms with Crippen molar-refractivity contribution in [3.05, 3.63) is 22.9 Å². The molecule has 1 heterocycles. The largest absolute Gasteiger partial charge is 0.505 e. The van der Waals surface area contributed by atoms with Crippen LogP contribution in [0.25, 0.3) is 0 Å². The molecular weight excluding hydrogens is 184 g/mol. The lowest BCUT2D eigenvalue weighted by Gasteiger charge is -1.89. The van der Waals surface area contributed by atoms with Crippen molar-refractivity contribution in [2.75, 3.05) is 0 Å². The van der Waals surface area contributed by atoms with Crippen LogP contribution in [0.3, 0.4) is 0 Å². The first kappa shape index (κ1) is 8.39. The van der Waals surface area contributed by atoms with E-state index >= 15 is 0 Å². The van der Waals surface area contributed by atoms with Crippen molar-refractivity contribution in [3.8, 4) is 5.75 Å². The molecule has 50 valence electrons. The number of hydrogen-bond donors (Lipinski definition) is 2. The van der Waals surface area contributed by atoms with Crippen molar-refractivity contribution in [3.63, 3.8) is 0 Å². The highest BCUT2D eigenvalue weighted by atomic mass is 79.9. The first-order chi connectivity index (χ1) is 3.80. The van der Waals surface area contributed by atoms with E-state index in [1.165, 1.54) is 6.20 Å². The molecular formula is C5H7BrN2O. The van der Waals surface area contributed by atoms with Gasteiger partial charge in [-0.15, -0.1) is 0 Å². The van der Waals surface area contributed by atoms with Gasteiger partial charge in [-0.25, -0.2) is 0 Å². The van der Waals surface area contributed by atoms with Gasteiger partial charge < -0.3 is 11.3 Å². The quantitative estimate of drug-likeness (QED) is 0.655. The minimum Gasteiger partial charge on any atom is -0.505 e. The molecule has 0 unspecified atom stereocenters. The minimum atomic E-state index is 0. The monoisotopic (exact) mass is 190 g/mol. The first-order valence-electron chi connectivity index (χ1n) is 2.09. The Balaban J connectivity index is 0.000000640. The molecule has 0 saturated carbocycles. The Morgan fingerprint density at radius 2 is 2.22 bits per heavy atom. The lowest BCUT2D eigenvalue weighted by molar-refractivity contribution is 0.469. The van der Waals surface area contributed by atoms with Crippen molar-refractivity contribution in [2.24, 2.45) is 0 Å². The van der Waals surface area contributed by atoms with Gasteiger partial charge in [0.05, 0.1) is 10.7 Å². The van der Waals surface area contributed by atoms with E-state index in [0.29, 0.717) is 4.47 Å². The summed E-state index contributed by atoms with van der Waals surface area (Å²) in [6.45, 7) is 0. The van der Waals surface area contributed by atoms with Gasteiger partial charge in [-0.3, -0.25) is 4.98 Å². The topological polar surface area (TPSA) is 68.1 Å². The van der Waals surface area contributed by atoms with E-state index in [-0.39, 0.29) is 11.9 Å². The Hall–Kier alpha value is -0.610. The SMILES string of the molecule is N.Oc1cnccc1Br. The summed E-state index contributed by atoms with van der Waals surface area (Å²) in [5.74, 6) is 0.174. The summed E-state index contributed by atoms with van der Waals surface area (Å²) in [7, 11) is 0. The standard InChI is InChI=1S/C5H4BrNO.H3N/c6-4-1-2-7-3-5(4)8;/h1-3,8H;1H3. The Morgan fingerprint density at radius 1 is 1.56 bits per heavy atom. The summed E-state index contributed by atoms with van der Waals surface area (Å²) >= 11 is 3.11. The molecule has 0 saturated heterocycles. The molecule has 0 fully saturated rings. The van der Waals surface area contributed by atoms with Gasteiger partial charge in [0.1, 0.15) is 5.75 Å². The maximum absolute atomic E-state index is 8.81. The van der Waals surface area contributed by atoms with E-state index in [2.05, 4.69) is 20.9 Å². The molecule has 9 heavy (non-hydrogen) atoms. The van der Waals surface area contributed by atoms with Crippen LogP contribution in [0.4, 0.5) is 0 Å². The van der Waals surface area contributed by atoms with E-state index in [9.17, 15) is 0 Å². The zero-order valence-corrected chi connectivity index (χ0v) is 6.30. The smallest absolute Gasteiger partial charge is 0.148 e. The molecule has 0 spiro atoms. The van der Waals surface area contributed by atoms with Crippen LogP contribution in [-0.2, 0) is 0 Å². The number of hydrogen-bond acceptors (Lipinski definition) is 3. The summed E-state index contributed by atoms with van der Waals surface area (Å²) < 4.78 is 0.674. The molecule has 0 aliphatic heterocycles. The Kier molecular flexibility index (Phi) is 3.19. The minimum absolute atomic E-state index is 0. The fourth-order valence-corrected chi connectivity index (χ4v) is 0.590. The fraction of sp³-hybridized carbons (Fsp3) is 0. The highest BCUT2D eigenvalue weighted by molar-refractivity contribution is 9.10. The summed E-state index contributed by atoms with van der Waals surface area (Å²) in [4.78, 5) is 3.67. The number of aromatic nitrogens is 1. The second-order valence-electron chi connectivity index (χ2n) is 1.33. The van der Waals surface area contributed by atoms with Crippen LogP contribution in [0.15, 0.2) is 22.9 Å². The second kappa shape index (κ2) is 3.42. The maximum atomic E-state index is 8.81. The third-order valence-corrected chi connectivity index (χ3v) is 1.42. The first-order valence-corrected chi connectivity index (χ1v) is 2.88. The van der Waals surface area contributed by atoms with Gasteiger partial charge in [0.25, 0.3) is 0 Å². The van der Waals surface area contributed by atoms with Gasteiger partial charge in [-0.1, -0.05) is 0 Å². The Labute approximate surface area is 61.4 Å². The van der Waals surface area contributed by atoms with Gasteiger partial charge in [-0.2, -0.15) is 0 Å². The lowest BCUT2D eigenvalue weighted by Crippen LogP contribution is -1.69. The van der Waals surface area contributed by atoms with E-state index in [4.69, 9.17) is 5.11 Å². The Bertz CT molecular complexity index is 171. The predicted octanol–water partition coefficient (Wildman–Crippen LogP) is 1.71. The molecule has 0 aliphatic carbocycles. The average molecular weight is 191 g/mol. The van der Waals surface area contributed by atoms with Gasteiger partial charge >= 0.3 is 0 Å². The van der Waals surface area contributed by atoms with E-state index < -0.39 is 0 Å². The van der Waals surface area contributed by atoms with Crippen LogP contribution >= 0.6 is 15.9 Å². The van der Waals surface area contributed by atoms with Crippen molar-refractivity contribution < 1.29 is 5.11 Å². The lowest BCUT2D eigenvalue weighted by atomic mass is 10.5. The Morgan fingerprint density at radius 3 is 2.56 bits per heavy atom. The highest BCUT2D eigenvalue weighted by Crippen LogP contribution is 2.19. The molecule has 0 amide bonds. The van der Waals surface area contributed by atoms with Crippen LogP contribution in [-0.4, -0.2) is 10.1 Å². The third kappa shape index (κ3) is 1.99. The normalized spacial score (nSPS) is 8.11. The van der Waals surface area contributed by atoms with Crippen LogP contribution in [0.2, 0.25) is 0 Å². The molecule has 3 nitrogen and oxygen atoms in total. The zero-order chi connectivity index (χ0) is 5.98. The molecule has 0 radical (unpaired) electrons. The van der Waals surface area contributed by atoms with Crippen molar-refractivity contribution >= 4 is 15.9 Å². The fourth-order valence-electron chi connectivity index (χ4n) is 0.369. The number of nitrogens with zero attached hydrogens (tertiary/aromatic N) is 1. The summed E-state index contributed by atoms with van der Waals surface area (Å²) in [6.07, 6.45) is 2.98. The molecule has 1 rings (SSSR count). The molecule has 1 aromatic rings. The van der Waals surface area contributed by atoms with E-state index in [1.807, 2.05) is 0 Å². The van der Waals surface area contributed by atoms with E-state index in [1.54, 1.807) is 12.3 Å². The molecule has 0 aromatic carbocycles. The van der Waals surface area contributed by atoms with Crippen molar-refractivity contribution in [1.82, 2.24) is 11.1 Å². The van der Waals surface area contributed by atoms with Crippen LogP contribution in [0.1, 0.15) is 0 Å². The number of halogens is 1. The van der Waals surface area contributed by atoms with Crippen LogP contribution in [0, 0.1) is 0 Å². The summed E-state index contributed by atoms with van der Waals surface area (Å²) in [5, 5.41) is 8.81. The number of rotatable bonds is 0. The van der Waals surface area contributed by atoms with Gasteiger partial charge in [0, 0.05) is 6.20 Å². The average Bonchev–Trinajstić information content (AvgIpc) is 1.77. The van der Waals surface area contributed by atoms with Gasteiger partial charge in [0.2, 0.25) is 0 Å². The second-order valence-corrected chi connectivity index (χ2v) is 2.18. The molecule has 4 heteroatoms. The predicted molar refractivity (Wildman–Crippen MR) is 38.6 cm³/mol. The summed E-state index contributed by atoms with van der Waals surface area (Å²) in [6, 6.07) is 1.68. The molecule has 0 aliphatic rings.